The molecule has 4 aromatic carbocycles. The fourth-order valence-corrected chi connectivity index (χ4v) is 7.41. The van der Waals surface area contributed by atoms with E-state index in [1.807, 2.05) is 13.0 Å². The summed E-state index contributed by atoms with van der Waals surface area (Å²) in [4.78, 5) is 3.63. The normalized spacial score (nSPS) is 12.4. The van der Waals surface area contributed by atoms with Gasteiger partial charge in [-0.25, -0.2) is 13.7 Å². The van der Waals surface area contributed by atoms with Gasteiger partial charge in [0.05, 0.1) is 50.0 Å². The highest BCUT2D eigenvalue weighted by Crippen LogP contribution is 2.49. The molecule has 276 valence electrons. The first kappa shape index (κ1) is 40.4. The second-order valence-corrected chi connectivity index (χ2v) is 16.1. The van der Waals surface area contributed by atoms with Crippen LogP contribution in [0.1, 0.15) is 19.8 Å². The van der Waals surface area contributed by atoms with Crippen molar-refractivity contribution >= 4 is 93.4 Å². The molecule has 0 radical (unpaired) electrons. The lowest BCUT2D eigenvalue weighted by Crippen LogP contribution is -2.06. The van der Waals surface area contributed by atoms with Gasteiger partial charge in [-0.2, -0.15) is 27.1 Å². The lowest BCUT2D eigenvalue weighted by atomic mass is 10.1. The molecule has 0 atom stereocenters. The van der Waals surface area contributed by atoms with Gasteiger partial charge in [-0.1, -0.05) is 24.4 Å². The number of unbranched alkanes of at least 4 members (excludes halogenated alkanes) is 1. The summed E-state index contributed by atoms with van der Waals surface area (Å²) >= 11 is 1.28. The highest BCUT2D eigenvalue weighted by molar-refractivity contribution is 8.04. The number of thioether (sulfide) groups is 1. The SMILES string of the molecule is CCCCS(=O)(=O)c1cccc(N=Nc2c(S(=O)(=O)O)cc3cc(SOOO)c(N=Nc4ccc(SC#COOS(=O)(=O)O)cc4)c(N)c3c2O)c1. The quantitative estimate of drug-likeness (QED) is 0.0118. The number of azo groups is 2. The molecule has 0 bridgehead atoms. The first-order valence-corrected chi connectivity index (χ1v) is 20.1. The van der Waals surface area contributed by atoms with Crippen molar-refractivity contribution < 1.29 is 63.3 Å². The minimum Gasteiger partial charge on any atom is -0.505 e. The Hall–Kier alpha value is -4.39. The molecule has 0 fully saturated rings. The van der Waals surface area contributed by atoms with Crippen LogP contribution in [0.4, 0.5) is 28.4 Å². The van der Waals surface area contributed by atoms with Gasteiger partial charge >= 0.3 is 10.4 Å². The molecule has 0 unspecified atom stereocenters. The van der Waals surface area contributed by atoms with E-state index < -0.39 is 46.7 Å². The Labute approximate surface area is 304 Å². The smallest absolute Gasteiger partial charge is 0.433 e. The number of fused-ring (bicyclic) bond motifs is 1. The Kier molecular flexibility index (Phi) is 13.5. The van der Waals surface area contributed by atoms with Gasteiger partial charge in [-0.3, -0.25) is 14.0 Å². The maximum Gasteiger partial charge on any atom is 0.433 e. The van der Waals surface area contributed by atoms with Gasteiger partial charge in [-0.15, -0.1) is 14.6 Å². The van der Waals surface area contributed by atoms with Crippen molar-refractivity contribution in [3.05, 3.63) is 60.7 Å². The summed E-state index contributed by atoms with van der Waals surface area (Å²) in [5.74, 6) is -0.953. The number of sulfone groups is 1. The number of nitrogens with two attached hydrogens (primary N) is 1. The molecule has 0 aromatic heterocycles. The Bertz CT molecular complexity index is 2420. The third-order valence-electron chi connectivity index (χ3n) is 6.43. The molecule has 19 nitrogen and oxygen atoms in total. The van der Waals surface area contributed by atoms with E-state index in [0.29, 0.717) is 29.8 Å². The lowest BCUT2D eigenvalue weighted by molar-refractivity contribution is -0.432. The number of benzene rings is 4. The summed E-state index contributed by atoms with van der Waals surface area (Å²) < 4.78 is 97.7. The van der Waals surface area contributed by atoms with E-state index in [1.54, 1.807) is 12.1 Å². The first-order chi connectivity index (χ1) is 24.5. The van der Waals surface area contributed by atoms with Gasteiger partial charge in [0.15, 0.2) is 21.7 Å². The maximum atomic E-state index is 12.7. The molecular weight excluding hydrogens is 791 g/mol. The summed E-state index contributed by atoms with van der Waals surface area (Å²) in [7, 11) is -13.5. The van der Waals surface area contributed by atoms with Crippen LogP contribution >= 0.6 is 23.8 Å². The highest BCUT2D eigenvalue weighted by Gasteiger charge is 2.26. The largest absolute Gasteiger partial charge is 0.505 e. The Morgan fingerprint density at radius 3 is 2.23 bits per heavy atom. The number of phenols is 1. The second kappa shape index (κ2) is 17.4. The number of aromatic hydroxyl groups is 1. The highest BCUT2D eigenvalue weighted by atomic mass is 32.3. The van der Waals surface area contributed by atoms with Crippen molar-refractivity contribution in [3.63, 3.8) is 0 Å². The fourth-order valence-electron chi connectivity index (χ4n) is 4.17. The van der Waals surface area contributed by atoms with Crippen molar-refractivity contribution in [1.82, 2.24) is 0 Å². The Morgan fingerprint density at radius 2 is 1.58 bits per heavy atom. The van der Waals surface area contributed by atoms with Crippen molar-refractivity contribution in [1.29, 1.82) is 0 Å². The fraction of sp³-hybridized carbons (Fsp3) is 0.143. The molecule has 0 saturated carbocycles. The third-order valence-corrected chi connectivity index (χ3v) is 10.6. The lowest BCUT2D eigenvalue weighted by Gasteiger charge is -2.14. The van der Waals surface area contributed by atoms with Crippen LogP contribution in [0.3, 0.4) is 0 Å². The number of nitrogens with zero attached hydrogens (tertiary/aromatic N) is 4. The van der Waals surface area contributed by atoms with E-state index in [2.05, 4.69) is 44.3 Å². The molecular formula is C28H25N5O14S5. The van der Waals surface area contributed by atoms with Crippen LogP contribution in [0.15, 0.2) is 101 Å². The summed E-state index contributed by atoms with van der Waals surface area (Å²) in [5, 5.41) is 41.8. The molecule has 0 aliphatic heterocycles. The Morgan fingerprint density at radius 1 is 0.885 bits per heavy atom. The van der Waals surface area contributed by atoms with E-state index in [1.165, 1.54) is 42.5 Å². The number of hydrogen-bond acceptors (Lipinski definition) is 19. The molecule has 52 heavy (non-hydrogen) atoms. The van der Waals surface area contributed by atoms with Crippen LogP contribution < -0.4 is 5.73 Å². The van der Waals surface area contributed by atoms with E-state index in [4.69, 9.17) is 15.5 Å². The zero-order valence-electron chi connectivity index (χ0n) is 26.2. The van der Waals surface area contributed by atoms with Crippen molar-refractivity contribution in [2.24, 2.45) is 20.5 Å². The van der Waals surface area contributed by atoms with Gasteiger partial charge in [0.2, 0.25) is 0 Å². The van der Waals surface area contributed by atoms with Crippen LogP contribution in [0.5, 0.6) is 5.75 Å². The van der Waals surface area contributed by atoms with Gasteiger partial charge in [0, 0.05) is 10.1 Å². The molecule has 0 amide bonds. The van der Waals surface area contributed by atoms with Crippen molar-refractivity contribution in [2.45, 2.75) is 39.3 Å². The van der Waals surface area contributed by atoms with Crippen LogP contribution in [-0.2, 0) is 48.9 Å². The average molecular weight is 816 g/mol. The zero-order valence-corrected chi connectivity index (χ0v) is 30.3. The monoisotopic (exact) mass is 815 g/mol. The zero-order chi connectivity index (χ0) is 38.1. The van der Waals surface area contributed by atoms with Crippen molar-refractivity contribution in [3.8, 4) is 17.1 Å². The molecule has 24 heteroatoms. The third kappa shape index (κ3) is 10.8. The summed E-state index contributed by atoms with van der Waals surface area (Å²) in [6.07, 6.45) is 2.97. The number of nitrogen functional groups attached to an aromatic ring is 1. The molecule has 0 saturated heterocycles. The van der Waals surface area contributed by atoms with Crippen LogP contribution in [0.2, 0.25) is 0 Å². The van der Waals surface area contributed by atoms with Crippen LogP contribution in [-0.4, -0.2) is 50.5 Å². The van der Waals surface area contributed by atoms with Crippen LogP contribution in [0.25, 0.3) is 10.8 Å². The molecule has 0 heterocycles. The molecule has 0 spiro atoms. The van der Waals surface area contributed by atoms with Gasteiger partial charge in [0.1, 0.15) is 16.3 Å². The molecule has 0 aliphatic rings. The van der Waals surface area contributed by atoms with Crippen LogP contribution in [0, 0.1) is 11.4 Å². The molecule has 0 aliphatic carbocycles. The number of anilines is 1. The first-order valence-electron chi connectivity index (χ1n) is 14.0. The minimum atomic E-state index is -5.06. The summed E-state index contributed by atoms with van der Waals surface area (Å²) in [6, 6.07) is 13.7. The predicted molar refractivity (Wildman–Crippen MR) is 186 cm³/mol. The van der Waals surface area contributed by atoms with E-state index in [-0.39, 0.29) is 49.1 Å². The van der Waals surface area contributed by atoms with E-state index >= 15 is 0 Å². The van der Waals surface area contributed by atoms with E-state index in [9.17, 15) is 34.9 Å². The Balaban J connectivity index is 1.75. The number of rotatable bonds is 15. The standard InChI is InChI=1S/C28H25N5O14S5/c1-2-3-13-50(36,37)21-6-4-5-19(16-21)31-33-27-23(51(38,39)40)15-17-14-22(49-46-45-35)26(25(29)24(17)28(27)34)32-30-18-7-9-20(10-8-18)48-12-11-44-47-52(41,42)43/h4-10,14-16,34-35H,2-3,13,29H2,1H3,(H,38,39,40)(H,41,42,43). The molecule has 4 rings (SSSR count). The van der Waals surface area contributed by atoms with Gasteiger partial charge in [-0.05, 0) is 82.5 Å². The van der Waals surface area contributed by atoms with Crippen molar-refractivity contribution in [2.75, 3.05) is 11.5 Å². The average Bonchev–Trinajstić information content (AvgIpc) is 3.08. The molecule has 4 aromatic rings. The van der Waals surface area contributed by atoms with E-state index in [0.717, 1.165) is 17.8 Å². The molecule has 6 N–H and O–H groups in total. The summed E-state index contributed by atoms with van der Waals surface area (Å²) in [6.45, 7) is 1.84. The maximum absolute atomic E-state index is 12.7. The summed E-state index contributed by atoms with van der Waals surface area (Å²) in [5.41, 5.74) is 5.47. The topological polar surface area (TPSA) is 296 Å². The number of hydrogen-bond donors (Lipinski definition) is 5. The second-order valence-electron chi connectivity index (χ2n) is 9.96. The van der Waals surface area contributed by atoms with Gasteiger partial charge in [0.25, 0.3) is 10.1 Å². The van der Waals surface area contributed by atoms with Gasteiger partial charge < -0.3 is 10.8 Å². The number of phenolic OH excluding ortho intramolecular Hbond substituents is 1. The minimum absolute atomic E-state index is 0.00600. The predicted octanol–water partition coefficient (Wildman–Crippen LogP) is 6.97.